The van der Waals surface area contributed by atoms with E-state index >= 15 is 0 Å². The second-order valence-electron chi connectivity index (χ2n) is 7.76. The van der Waals surface area contributed by atoms with Crippen molar-refractivity contribution in [3.63, 3.8) is 0 Å². The first kappa shape index (κ1) is 17.0. The maximum atomic E-state index is 5.36. The van der Waals surface area contributed by atoms with Crippen LogP contribution in [0.2, 0.25) is 0 Å². The van der Waals surface area contributed by atoms with Crippen molar-refractivity contribution < 1.29 is 4.52 Å². The lowest BCUT2D eigenvalue weighted by molar-refractivity contribution is 0.121. The van der Waals surface area contributed by atoms with Crippen molar-refractivity contribution in [1.29, 1.82) is 0 Å². The summed E-state index contributed by atoms with van der Waals surface area (Å²) < 4.78 is 7.34. The minimum Gasteiger partial charge on any atom is -0.351 e. The lowest BCUT2D eigenvalue weighted by atomic mass is 9.87. The van der Waals surface area contributed by atoms with E-state index in [0.717, 1.165) is 13.1 Å². The average molecular weight is 332 g/mol. The van der Waals surface area contributed by atoms with E-state index in [1.165, 1.54) is 18.5 Å². The van der Waals surface area contributed by atoms with Gasteiger partial charge in [-0.3, -0.25) is 9.58 Å². The summed E-state index contributed by atoms with van der Waals surface area (Å²) in [6.07, 6.45) is 4.25. The summed E-state index contributed by atoms with van der Waals surface area (Å²) in [6, 6.07) is 2.47. The quantitative estimate of drug-likeness (QED) is 0.928. The van der Waals surface area contributed by atoms with E-state index in [9.17, 15) is 0 Å². The molecule has 7 nitrogen and oxygen atoms in total. The molecule has 2 aromatic heterocycles. The summed E-state index contributed by atoms with van der Waals surface area (Å²) in [7, 11) is 4.20. The molecule has 0 bridgehead atoms. The Bertz CT molecular complexity index is 671. The third kappa shape index (κ3) is 3.45. The molecule has 1 aliphatic rings. The molecule has 0 spiro atoms. The zero-order chi connectivity index (χ0) is 17.3. The van der Waals surface area contributed by atoms with Crippen LogP contribution < -0.4 is 5.32 Å². The van der Waals surface area contributed by atoms with Crippen LogP contribution in [0.1, 0.15) is 51.2 Å². The van der Waals surface area contributed by atoms with E-state index in [1.54, 1.807) is 0 Å². The minimum atomic E-state index is -0.130. The van der Waals surface area contributed by atoms with Crippen LogP contribution in [0.15, 0.2) is 16.8 Å². The van der Waals surface area contributed by atoms with Crippen molar-refractivity contribution in [1.82, 2.24) is 24.8 Å². The molecule has 0 radical (unpaired) electrons. The first-order valence-electron chi connectivity index (χ1n) is 8.62. The Labute approximate surface area is 143 Å². The summed E-state index contributed by atoms with van der Waals surface area (Å²) in [6.45, 7) is 8.14. The second-order valence-corrected chi connectivity index (χ2v) is 7.76. The van der Waals surface area contributed by atoms with Crippen molar-refractivity contribution in [2.24, 2.45) is 13.0 Å². The topological polar surface area (TPSA) is 72.0 Å². The van der Waals surface area contributed by atoms with Gasteiger partial charge >= 0.3 is 0 Å². The molecule has 1 aliphatic heterocycles. The Hall–Kier alpha value is -1.89. The van der Waals surface area contributed by atoms with Crippen LogP contribution in [0.3, 0.4) is 0 Å². The van der Waals surface area contributed by atoms with E-state index in [-0.39, 0.29) is 5.41 Å². The zero-order valence-corrected chi connectivity index (χ0v) is 15.3. The largest absolute Gasteiger partial charge is 0.351 e. The number of likely N-dealkylation sites (tertiary alicyclic amines) is 1. The normalized spacial score (nSPS) is 22.7. The molecule has 0 aliphatic carbocycles. The zero-order valence-electron chi connectivity index (χ0n) is 15.3. The van der Waals surface area contributed by atoms with Gasteiger partial charge in [-0.2, -0.15) is 10.1 Å². The number of piperidine rings is 1. The molecule has 24 heavy (non-hydrogen) atoms. The van der Waals surface area contributed by atoms with Gasteiger partial charge < -0.3 is 9.84 Å². The molecule has 0 amide bonds. The van der Waals surface area contributed by atoms with Crippen LogP contribution in [0.25, 0.3) is 0 Å². The molecule has 3 rings (SSSR count). The standard InChI is InChI=1S/C17H28N6O/c1-17(2,3)15-20-16(21-24-15)18-11-12-7-6-10-22(4)14(12)13-8-9-19-23(13)5/h8-9,12,14H,6-7,10-11H2,1-5H3,(H,18,21)/t12-,14+/m0/s1. The van der Waals surface area contributed by atoms with Crippen molar-refractivity contribution >= 4 is 5.95 Å². The third-order valence-electron chi connectivity index (χ3n) is 4.76. The SMILES string of the molecule is CN1CCC[C@@H](CNc2noc(C(C)(C)C)n2)[C@@H]1c1ccnn1C. The highest BCUT2D eigenvalue weighted by molar-refractivity contribution is 5.23. The molecule has 1 fully saturated rings. The van der Waals surface area contributed by atoms with Gasteiger partial charge in [-0.05, 0) is 43.6 Å². The van der Waals surface area contributed by atoms with Gasteiger partial charge in [0.2, 0.25) is 5.89 Å². The summed E-state index contributed by atoms with van der Waals surface area (Å²) in [4.78, 5) is 6.89. The molecule has 0 saturated carbocycles. The molecule has 2 aromatic rings. The Morgan fingerprint density at radius 1 is 1.33 bits per heavy atom. The maximum absolute atomic E-state index is 5.36. The first-order chi connectivity index (χ1) is 11.4. The molecule has 3 heterocycles. The number of aryl methyl sites for hydroxylation is 1. The second kappa shape index (κ2) is 6.55. The molecule has 0 unspecified atom stereocenters. The summed E-state index contributed by atoms with van der Waals surface area (Å²) >= 11 is 0. The van der Waals surface area contributed by atoms with Gasteiger partial charge in [0.25, 0.3) is 5.95 Å². The number of nitrogens with one attached hydrogen (secondary N) is 1. The molecular formula is C17H28N6O. The molecular weight excluding hydrogens is 304 g/mol. The van der Waals surface area contributed by atoms with Crippen LogP contribution in [0, 0.1) is 5.92 Å². The van der Waals surface area contributed by atoms with Gasteiger partial charge in [-0.1, -0.05) is 20.8 Å². The Morgan fingerprint density at radius 3 is 2.75 bits per heavy atom. The summed E-state index contributed by atoms with van der Waals surface area (Å²) in [5.41, 5.74) is 1.13. The Kier molecular flexibility index (Phi) is 4.62. The van der Waals surface area contributed by atoms with E-state index in [2.05, 4.69) is 59.3 Å². The third-order valence-corrected chi connectivity index (χ3v) is 4.76. The smallest absolute Gasteiger partial charge is 0.263 e. The van der Waals surface area contributed by atoms with Gasteiger partial charge in [-0.25, -0.2) is 0 Å². The fourth-order valence-electron chi connectivity index (χ4n) is 3.44. The molecule has 2 atom stereocenters. The van der Waals surface area contributed by atoms with Crippen molar-refractivity contribution in [3.05, 3.63) is 23.8 Å². The molecule has 7 heteroatoms. The van der Waals surface area contributed by atoms with E-state index in [0.29, 0.717) is 23.8 Å². The van der Waals surface area contributed by atoms with Gasteiger partial charge in [0, 0.05) is 25.2 Å². The number of hydrogen-bond donors (Lipinski definition) is 1. The highest BCUT2D eigenvalue weighted by atomic mass is 16.5. The lowest BCUT2D eigenvalue weighted by Crippen LogP contribution is -2.40. The monoisotopic (exact) mass is 332 g/mol. The molecule has 132 valence electrons. The first-order valence-corrected chi connectivity index (χ1v) is 8.62. The van der Waals surface area contributed by atoms with Crippen LogP contribution in [-0.2, 0) is 12.5 Å². The maximum Gasteiger partial charge on any atom is 0.263 e. The fraction of sp³-hybridized carbons (Fsp3) is 0.706. The van der Waals surface area contributed by atoms with Gasteiger partial charge in [-0.15, -0.1) is 0 Å². The number of aromatic nitrogens is 4. The highest BCUT2D eigenvalue weighted by Gasteiger charge is 2.32. The van der Waals surface area contributed by atoms with Crippen LogP contribution >= 0.6 is 0 Å². The van der Waals surface area contributed by atoms with Crippen molar-refractivity contribution in [2.75, 3.05) is 25.5 Å². The fourth-order valence-corrected chi connectivity index (χ4v) is 3.44. The number of nitrogens with zero attached hydrogens (tertiary/aromatic N) is 5. The minimum absolute atomic E-state index is 0.130. The Balaban J connectivity index is 1.70. The predicted octanol–water partition coefficient (Wildman–Crippen LogP) is 2.60. The number of rotatable bonds is 4. The average Bonchev–Trinajstić information content (AvgIpc) is 3.14. The van der Waals surface area contributed by atoms with Crippen LogP contribution in [0.5, 0.6) is 0 Å². The van der Waals surface area contributed by atoms with E-state index < -0.39 is 0 Å². The van der Waals surface area contributed by atoms with Crippen molar-refractivity contribution in [3.8, 4) is 0 Å². The van der Waals surface area contributed by atoms with Gasteiger partial charge in [0.1, 0.15) is 0 Å². The molecule has 1 N–H and O–H groups in total. The van der Waals surface area contributed by atoms with Crippen molar-refractivity contribution in [2.45, 2.75) is 45.1 Å². The molecule has 1 saturated heterocycles. The molecule has 0 aromatic carbocycles. The predicted molar refractivity (Wildman–Crippen MR) is 92.8 cm³/mol. The lowest BCUT2D eigenvalue weighted by Gasteiger charge is -2.39. The van der Waals surface area contributed by atoms with E-state index in [4.69, 9.17) is 4.52 Å². The Morgan fingerprint density at radius 2 is 2.12 bits per heavy atom. The van der Waals surface area contributed by atoms with Crippen LogP contribution in [0.4, 0.5) is 5.95 Å². The van der Waals surface area contributed by atoms with Gasteiger partial charge in [0.15, 0.2) is 0 Å². The number of anilines is 1. The highest BCUT2D eigenvalue weighted by Crippen LogP contribution is 2.34. The summed E-state index contributed by atoms with van der Waals surface area (Å²) in [5.74, 6) is 1.72. The summed E-state index contributed by atoms with van der Waals surface area (Å²) in [5, 5.41) is 11.8. The van der Waals surface area contributed by atoms with E-state index in [1.807, 2.05) is 17.9 Å². The van der Waals surface area contributed by atoms with Crippen LogP contribution in [-0.4, -0.2) is 45.0 Å². The number of hydrogen-bond acceptors (Lipinski definition) is 6. The van der Waals surface area contributed by atoms with Gasteiger partial charge in [0.05, 0.1) is 11.7 Å².